The van der Waals surface area contributed by atoms with Crippen molar-refractivity contribution in [3.8, 4) is 11.5 Å². The van der Waals surface area contributed by atoms with Crippen LogP contribution >= 0.6 is 22.9 Å². The molecular formula is C14H11ClO5S2. The van der Waals surface area contributed by atoms with E-state index < -0.39 is 10.1 Å². The van der Waals surface area contributed by atoms with Crippen molar-refractivity contribution in [1.82, 2.24) is 0 Å². The Morgan fingerprint density at radius 1 is 1.32 bits per heavy atom. The molecule has 1 aliphatic rings. The normalized spacial score (nSPS) is 13.9. The third kappa shape index (κ3) is 3.12. The molecule has 0 unspecified atom stereocenters. The number of fused-ring (bicyclic) bond motifs is 1. The van der Waals surface area contributed by atoms with Gasteiger partial charge >= 0.3 is 0 Å². The highest BCUT2D eigenvalue weighted by Gasteiger charge is 2.19. The number of benzene rings is 1. The standard InChI is InChI=1S/C14H11ClO5S2/c15-14-12(21-7-13(14)22(16,17)18)3-1-2-9-4-5-10-11(6-9)20-8-19-10/h1-2,4-7H,3,8H2,(H,16,17,18)/b2-1+. The lowest BCUT2D eigenvalue weighted by atomic mass is 10.1. The Morgan fingerprint density at radius 3 is 2.82 bits per heavy atom. The Hall–Kier alpha value is -1.54. The van der Waals surface area contributed by atoms with Crippen molar-refractivity contribution < 1.29 is 22.4 Å². The van der Waals surface area contributed by atoms with Gasteiger partial charge in [0.05, 0.1) is 5.02 Å². The molecule has 0 bridgehead atoms. The molecule has 0 saturated carbocycles. The van der Waals surface area contributed by atoms with Crippen molar-refractivity contribution in [2.75, 3.05) is 6.79 Å². The number of halogens is 1. The van der Waals surface area contributed by atoms with E-state index in [1.54, 1.807) is 0 Å². The summed E-state index contributed by atoms with van der Waals surface area (Å²) in [6.45, 7) is 0.228. The average Bonchev–Trinajstić information content (AvgIpc) is 3.05. The van der Waals surface area contributed by atoms with Gasteiger partial charge in [-0.25, -0.2) is 0 Å². The Kier molecular flexibility index (Phi) is 4.14. The zero-order chi connectivity index (χ0) is 15.7. The second-order valence-corrected chi connectivity index (χ2v) is 7.26. The van der Waals surface area contributed by atoms with Gasteiger partial charge in [-0.1, -0.05) is 29.8 Å². The molecule has 0 saturated heterocycles. The van der Waals surface area contributed by atoms with Crippen molar-refractivity contribution in [1.29, 1.82) is 0 Å². The zero-order valence-corrected chi connectivity index (χ0v) is 13.5. The van der Waals surface area contributed by atoms with Gasteiger partial charge in [0.2, 0.25) is 6.79 Å². The Bertz CT molecular complexity index is 839. The summed E-state index contributed by atoms with van der Waals surface area (Å²) in [4.78, 5) is 0.428. The van der Waals surface area contributed by atoms with Crippen molar-refractivity contribution in [2.24, 2.45) is 0 Å². The molecule has 8 heteroatoms. The molecule has 1 aromatic carbocycles. The monoisotopic (exact) mass is 358 g/mol. The molecule has 0 atom stereocenters. The van der Waals surface area contributed by atoms with Gasteiger partial charge in [-0.3, -0.25) is 4.55 Å². The fourth-order valence-corrected chi connectivity index (χ4v) is 4.44. The minimum atomic E-state index is -4.27. The summed E-state index contributed by atoms with van der Waals surface area (Å²) in [5.41, 5.74) is 0.937. The molecule has 1 N–H and O–H groups in total. The number of rotatable bonds is 4. The lowest BCUT2D eigenvalue weighted by Gasteiger charge is -1.98. The summed E-state index contributed by atoms with van der Waals surface area (Å²) in [5, 5.41) is 1.41. The summed E-state index contributed by atoms with van der Waals surface area (Å²) < 4.78 is 41.8. The molecule has 0 radical (unpaired) electrons. The van der Waals surface area contributed by atoms with E-state index in [0.717, 1.165) is 11.3 Å². The summed E-state index contributed by atoms with van der Waals surface area (Å²) in [6, 6.07) is 5.58. The van der Waals surface area contributed by atoms with Crippen LogP contribution in [-0.2, 0) is 16.5 Å². The lowest BCUT2D eigenvalue weighted by Crippen LogP contribution is -1.96. The Labute approximate surface area is 136 Å². The summed E-state index contributed by atoms with van der Waals surface area (Å²) in [5.74, 6) is 1.42. The van der Waals surface area contributed by atoms with Gasteiger partial charge in [0.15, 0.2) is 11.5 Å². The zero-order valence-electron chi connectivity index (χ0n) is 11.2. The number of hydrogen-bond donors (Lipinski definition) is 1. The third-order valence-electron chi connectivity index (χ3n) is 3.06. The van der Waals surface area contributed by atoms with Gasteiger partial charge < -0.3 is 9.47 Å². The van der Waals surface area contributed by atoms with Crippen LogP contribution in [0.4, 0.5) is 0 Å². The van der Waals surface area contributed by atoms with Crippen LogP contribution in [0.15, 0.2) is 34.6 Å². The predicted molar refractivity (Wildman–Crippen MR) is 84.4 cm³/mol. The molecule has 0 amide bonds. The largest absolute Gasteiger partial charge is 0.454 e. The summed E-state index contributed by atoms with van der Waals surface area (Å²) in [6.07, 6.45) is 4.21. The van der Waals surface area contributed by atoms with E-state index in [2.05, 4.69) is 0 Å². The van der Waals surface area contributed by atoms with Crippen LogP contribution in [0.2, 0.25) is 5.02 Å². The van der Waals surface area contributed by atoms with E-state index in [0.29, 0.717) is 17.0 Å². The van der Waals surface area contributed by atoms with E-state index in [-0.39, 0.29) is 16.7 Å². The van der Waals surface area contributed by atoms with E-state index in [9.17, 15) is 8.42 Å². The molecule has 2 heterocycles. The Balaban J connectivity index is 1.74. The minimum absolute atomic E-state index is 0.0721. The maximum absolute atomic E-state index is 11.1. The molecule has 0 spiro atoms. The molecule has 116 valence electrons. The first kappa shape index (κ1) is 15.4. The SMILES string of the molecule is O=S(=O)(O)c1csc(C/C=C/c2ccc3c(c2)OCO3)c1Cl. The van der Waals surface area contributed by atoms with Gasteiger partial charge in [0, 0.05) is 16.7 Å². The molecule has 1 aromatic heterocycles. The van der Waals surface area contributed by atoms with Gasteiger partial charge in [-0.15, -0.1) is 11.3 Å². The fourth-order valence-electron chi connectivity index (χ4n) is 2.00. The highest BCUT2D eigenvalue weighted by molar-refractivity contribution is 7.86. The quantitative estimate of drug-likeness (QED) is 0.845. The molecule has 3 rings (SSSR count). The maximum Gasteiger partial charge on any atom is 0.296 e. The molecule has 0 aliphatic carbocycles. The van der Waals surface area contributed by atoms with Crippen molar-refractivity contribution in [3.63, 3.8) is 0 Å². The average molecular weight is 359 g/mol. The smallest absolute Gasteiger partial charge is 0.296 e. The van der Waals surface area contributed by atoms with Crippen molar-refractivity contribution >= 4 is 39.1 Å². The highest BCUT2D eigenvalue weighted by Crippen LogP contribution is 2.34. The van der Waals surface area contributed by atoms with Crippen LogP contribution in [0.25, 0.3) is 6.08 Å². The van der Waals surface area contributed by atoms with Crippen LogP contribution < -0.4 is 9.47 Å². The molecule has 1 aliphatic heterocycles. The molecule has 5 nitrogen and oxygen atoms in total. The van der Waals surface area contributed by atoms with Crippen molar-refractivity contribution in [3.05, 3.63) is 45.1 Å². The van der Waals surface area contributed by atoms with Gasteiger partial charge in [0.1, 0.15) is 4.90 Å². The van der Waals surface area contributed by atoms with Crippen LogP contribution in [-0.4, -0.2) is 19.8 Å². The van der Waals surface area contributed by atoms with E-state index in [1.165, 1.54) is 16.7 Å². The molecule has 2 aromatic rings. The molecule has 0 fully saturated rings. The number of hydrogen-bond acceptors (Lipinski definition) is 5. The lowest BCUT2D eigenvalue weighted by molar-refractivity contribution is 0.174. The van der Waals surface area contributed by atoms with E-state index >= 15 is 0 Å². The van der Waals surface area contributed by atoms with Gasteiger partial charge in [-0.05, 0) is 17.7 Å². The first-order valence-corrected chi connectivity index (χ1v) is 8.94. The van der Waals surface area contributed by atoms with Gasteiger partial charge in [0.25, 0.3) is 10.1 Å². The van der Waals surface area contributed by atoms with Crippen molar-refractivity contribution in [2.45, 2.75) is 11.3 Å². The number of ether oxygens (including phenoxy) is 2. The minimum Gasteiger partial charge on any atom is -0.454 e. The first-order valence-electron chi connectivity index (χ1n) is 6.24. The van der Waals surface area contributed by atoms with Crippen LogP contribution in [0.5, 0.6) is 11.5 Å². The van der Waals surface area contributed by atoms with Crippen LogP contribution in [0, 0.1) is 0 Å². The number of thiophene rings is 1. The second-order valence-electron chi connectivity index (χ2n) is 4.53. The maximum atomic E-state index is 11.1. The molecular weight excluding hydrogens is 348 g/mol. The van der Waals surface area contributed by atoms with Crippen LogP contribution in [0.3, 0.4) is 0 Å². The first-order chi connectivity index (χ1) is 10.4. The van der Waals surface area contributed by atoms with Crippen LogP contribution in [0.1, 0.15) is 10.4 Å². The highest BCUT2D eigenvalue weighted by atomic mass is 35.5. The second kappa shape index (κ2) is 5.92. The predicted octanol–water partition coefficient (Wildman–Crippen LogP) is 3.63. The topological polar surface area (TPSA) is 72.8 Å². The van der Waals surface area contributed by atoms with E-state index in [1.807, 2.05) is 30.4 Å². The Morgan fingerprint density at radius 2 is 2.09 bits per heavy atom. The fraction of sp³-hybridized carbons (Fsp3) is 0.143. The summed E-state index contributed by atoms with van der Waals surface area (Å²) >= 11 is 7.16. The summed E-state index contributed by atoms with van der Waals surface area (Å²) in [7, 11) is -4.27. The number of allylic oxidation sites excluding steroid dienone is 1. The van der Waals surface area contributed by atoms with Gasteiger partial charge in [-0.2, -0.15) is 8.42 Å². The molecule has 22 heavy (non-hydrogen) atoms. The third-order valence-corrected chi connectivity index (χ3v) is 5.75. The van der Waals surface area contributed by atoms with E-state index in [4.69, 9.17) is 25.6 Å².